The first-order chi connectivity index (χ1) is 21.0. The van der Waals surface area contributed by atoms with Gasteiger partial charge in [-0.1, -0.05) is 72.4 Å². The largest absolute Gasteiger partial charge is 0.497 e. The van der Waals surface area contributed by atoms with E-state index in [1.54, 1.807) is 24.9 Å². The standard InChI is InChI=1S/C34H37N5O3S/c1-26-25-37(22-23-38(26)32(41)21-16-27-11-5-3-6-12-27)31(40)15-9-10-24-43-34-36-35-33(28-13-7-4-8-14-28)39(34)29-17-19-30(42-2)20-18-29/h3-8,11-14,16-21,26H,9-10,15,22-25H2,1-2H3/b21-16+. The maximum Gasteiger partial charge on any atom is 0.246 e. The van der Waals surface area contributed by atoms with E-state index in [0.29, 0.717) is 26.1 Å². The average Bonchev–Trinajstić information content (AvgIpc) is 3.48. The Morgan fingerprint density at radius 1 is 0.930 bits per heavy atom. The molecule has 1 fully saturated rings. The molecule has 8 nitrogen and oxygen atoms in total. The molecule has 2 amide bonds. The number of carbonyl (C=O) groups excluding carboxylic acids is 2. The van der Waals surface area contributed by atoms with E-state index in [9.17, 15) is 9.59 Å². The van der Waals surface area contributed by atoms with Crippen LogP contribution in [0.3, 0.4) is 0 Å². The van der Waals surface area contributed by atoms with Gasteiger partial charge < -0.3 is 14.5 Å². The topological polar surface area (TPSA) is 80.6 Å². The van der Waals surface area contributed by atoms with Gasteiger partial charge in [-0.3, -0.25) is 14.2 Å². The van der Waals surface area contributed by atoms with Crippen LogP contribution in [0.5, 0.6) is 5.75 Å². The van der Waals surface area contributed by atoms with E-state index in [1.807, 2.05) is 108 Å². The third-order valence-electron chi connectivity index (χ3n) is 7.49. The van der Waals surface area contributed by atoms with Crippen molar-refractivity contribution in [1.82, 2.24) is 24.6 Å². The summed E-state index contributed by atoms with van der Waals surface area (Å²) in [4.78, 5) is 29.5. The highest BCUT2D eigenvalue weighted by Crippen LogP contribution is 2.29. The lowest BCUT2D eigenvalue weighted by molar-refractivity contribution is -0.139. The van der Waals surface area contributed by atoms with Crippen molar-refractivity contribution in [2.24, 2.45) is 0 Å². The van der Waals surface area contributed by atoms with Gasteiger partial charge in [-0.25, -0.2) is 0 Å². The fourth-order valence-electron chi connectivity index (χ4n) is 5.14. The van der Waals surface area contributed by atoms with Gasteiger partial charge in [0.25, 0.3) is 0 Å². The van der Waals surface area contributed by atoms with E-state index in [2.05, 4.69) is 14.8 Å². The molecule has 0 spiro atoms. The second-order valence-corrected chi connectivity index (χ2v) is 11.5. The SMILES string of the molecule is COc1ccc(-n2c(SCCCCC(=O)N3CCN(C(=O)/C=C/c4ccccc4)C(C)C3)nnc2-c2ccccc2)cc1. The van der Waals surface area contributed by atoms with Crippen LogP contribution in [0.15, 0.2) is 96.2 Å². The summed E-state index contributed by atoms with van der Waals surface area (Å²) in [5, 5.41) is 9.84. The number of unbranched alkanes of at least 4 members (excludes halogenated alkanes) is 1. The van der Waals surface area contributed by atoms with Crippen LogP contribution in [0, 0.1) is 0 Å². The number of rotatable bonds is 11. The van der Waals surface area contributed by atoms with Crippen LogP contribution in [0.2, 0.25) is 0 Å². The summed E-state index contributed by atoms with van der Waals surface area (Å²) >= 11 is 1.64. The summed E-state index contributed by atoms with van der Waals surface area (Å²) in [6.07, 6.45) is 5.63. The Balaban J connectivity index is 1.11. The molecule has 1 aliphatic heterocycles. The Hall–Kier alpha value is -4.37. The van der Waals surface area contributed by atoms with Gasteiger partial charge >= 0.3 is 0 Å². The van der Waals surface area contributed by atoms with E-state index in [4.69, 9.17) is 4.74 Å². The molecule has 0 aliphatic carbocycles. The number of ether oxygens (including phenoxy) is 1. The Labute approximate surface area is 257 Å². The van der Waals surface area contributed by atoms with E-state index < -0.39 is 0 Å². The third-order valence-corrected chi connectivity index (χ3v) is 8.51. The van der Waals surface area contributed by atoms with Gasteiger partial charge in [0.15, 0.2) is 11.0 Å². The Kier molecular flexibility index (Phi) is 10.3. The van der Waals surface area contributed by atoms with Crippen LogP contribution in [0.1, 0.15) is 31.7 Å². The van der Waals surface area contributed by atoms with Crippen molar-refractivity contribution < 1.29 is 14.3 Å². The first kappa shape index (κ1) is 30.1. The summed E-state index contributed by atoms with van der Waals surface area (Å²) in [6, 6.07) is 27.7. The number of benzene rings is 3. The van der Waals surface area contributed by atoms with Crippen LogP contribution in [0.4, 0.5) is 0 Å². The molecule has 1 atom stereocenters. The second kappa shape index (κ2) is 14.7. The van der Waals surface area contributed by atoms with E-state index in [0.717, 1.165) is 52.1 Å². The van der Waals surface area contributed by atoms with Crippen molar-refractivity contribution in [1.29, 1.82) is 0 Å². The maximum absolute atomic E-state index is 13.0. The van der Waals surface area contributed by atoms with Gasteiger partial charge in [0.1, 0.15) is 5.75 Å². The Bertz CT molecular complexity index is 1520. The van der Waals surface area contributed by atoms with Crippen LogP contribution < -0.4 is 4.74 Å². The number of piperazine rings is 1. The normalized spacial score (nSPS) is 15.2. The number of hydrogen-bond donors (Lipinski definition) is 0. The van der Waals surface area contributed by atoms with Crippen molar-refractivity contribution >= 4 is 29.7 Å². The van der Waals surface area contributed by atoms with Gasteiger partial charge in [0.2, 0.25) is 11.8 Å². The monoisotopic (exact) mass is 595 g/mol. The molecular formula is C34H37N5O3S. The van der Waals surface area contributed by atoms with Crippen LogP contribution >= 0.6 is 11.8 Å². The minimum absolute atomic E-state index is 0.0154. The Morgan fingerprint density at radius 2 is 1.65 bits per heavy atom. The number of nitrogens with zero attached hydrogens (tertiary/aromatic N) is 5. The van der Waals surface area contributed by atoms with Crippen molar-refractivity contribution in [3.8, 4) is 22.8 Å². The van der Waals surface area contributed by atoms with Gasteiger partial charge in [-0.15, -0.1) is 10.2 Å². The second-order valence-electron chi connectivity index (χ2n) is 10.5. The molecule has 0 bridgehead atoms. The molecular weight excluding hydrogens is 558 g/mol. The van der Waals surface area contributed by atoms with Crippen LogP contribution in [-0.4, -0.2) is 74.9 Å². The molecule has 1 aromatic heterocycles. The number of carbonyl (C=O) groups is 2. The van der Waals surface area contributed by atoms with Gasteiger partial charge in [0, 0.05) is 55.2 Å². The highest BCUT2D eigenvalue weighted by Gasteiger charge is 2.28. The number of aromatic nitrogens is 3. The van der Waals surface area contributed by atoms with E-state index >= 15 is 0 Å². The molecule has 0 N–H and O–H groups in total. The zero-order chi connectivity index (χ0) is 30.0. The minimum Gasteiger partial charge on any atom is -0.497 e. The van der Waals surface area contributed by atoms with Crippen molar-refractivity contribution in [3.05, 3.63) is 96.6 Å². The molecule has 2 heterocycles. The predicted octanol–water partition coefficient (Wildman–Crippen LogP) is 5.98. The first-order valence-corrected chi connectivity index (χ1v) is 15.6. The van der Waals surface area contributed by atoms with Gasteiger partial charge in [-0.05, 0) is 55.7 Å². The summed E-state index contributed by atoms with van der Waals surface area (Å²) in [5.74, 6) is 2.53. The first-order valence-electron chi connectivity index (χ1n) is 14.6. The predicted molar refractivity (Wildman–Crippen MR) is 171 cm³/mol. The molecule has 0 radical (unpaired) electrons. The molecule has 43 heavy (non-hydrogen) atoms. The van der Waals surface area contributed by atoms with Crippen molar-refractivity contribution in [2.75, 3.05) is 32.5 Å². The van der Waals surface area contributed by atoms with Crippen LogP contribution in [0.25, 0.3) is 23.2 Å². The van der Waals surface area contributed by atoms with E-state index in [1.165, 1.54) is 0 Å². The number of hydrogen-bond acceptors (Lipinski definition) is 6. The molecule has 9 heteroatoms. The number of amides is 2. The summed E-state index contributed by atoms with van der Waals surface area (Å²) in [6.45, 7) is 3.68. The smallest absolute Gasteiger partial charge is 0.246 e. The Morgan fingerprint density at radius 3 is 2.35 bits per heavy atom. The van der Waals surface area contributed by atoms with Crippen molar-refractivity contribution in [3.63, 3.8) is 0 Å². The maximum atomic E-state index is 13.0. The summed E-state index contributed by atoms with van der Waals surface area (Å²) in [7, 11) is 1.66. The van der Waals surface area contributed by atoms with Gasteiger partial charge in [-0.2, -0.15) is 0 Å². The van der Waals surface area contributed by atoms with E-state index in [-0.39, 0.29) is 17.9 Å². The van der Waals surface area contributed by atoms with Crippen molar-refractivity contribution in [2.45, 2.75) is 37.4 Å². The number of methoxy groups -OCH3 is 1. The molecule has 4 aromatic rings. The van der Waals surface area contributed by atoms with Crippen LogP contribution in [-0.2, 0) is 9.59 Å². The van der Waals surface area contributed by atoms with Gasteiger partial charge in [0.05, 0.1) is 7.11 Å². The number of thioether (sulfide) groups is 1. The summed E-state index contributed by atoms with van der Waals surface area (Å²) in [5.41, 5.74) is 2.95. The average molecular weight is 596 g/mol. The lowest BCUT2D eigenvalue weighted by Crippen LogP contribution is -2.55. The molecule has 0 saturated carbocycles. The lowest BCUT2D eigenvalue weighted by atomic mass is 10.1. The molecule has 1 aliphatic rings. The zero-order valence-corrected chi connectivity index (χ0v) is 25.5. The quantitative estimate of drug-likeness (QED) is 0.121. The fourth-order valence-corrected chi connectivity index (χ4v) is 6.09. The summed E-state index contributed by atoms with van der Waals surface area (Å²) < 4.78 is 7.41. The fraction of sp³-hybridized carbons (Fsp3) is 0.294. The highest BCUT2D eigenvalue weighted by atomic mass is 32.2. The molecule has 1 saturated heterocycles. The molecule has 5 rings (SSSR count). The molecule has 222 valence electrons. The minimum atomic E-state index is -0.0238. The zero-order valence-electron chi connectivity index (χ0n) is 24.6. The lowest BCUT2D eigenvalue weighted by Gasteiger charge is -2.39. The molecule has 1 unspecified atom stereocenters. The third kappa shape index (κ3) is 7.73. The molecule has 3 aromatic carbocycles. The highest BCUT2D eigenvalue weighted by molar-refractivity contribution is 7.99.